The van der Waals surface area contributed by atoms with Crippen LogP contribution < -0.4 is 4.74 Å². The fourth-order valence-electron chi connectivity index (χ4n) is 0.521. The van der Waals surface area contributed by atoms with Crippen molar-refractivity contribution in [1.29, 1.82) is 0 Å². The molecule has 1 N–H and O–H groups in total. The number of halogens is 1. The third kappa shape index (κ3) is 1.15. The van der Waals surface area contributed by atoms with E-state index < -0.39 is 0 Å². The van der Waals surface area contributed by atoms with E-state index in [1.165, 1.54) is 7.11 Å². The Balaban J connectivity index is 2.97. The van der Waals surface area contributed by atoms with Crippen LogP contribution in [0.25, 0.3) is 0 Å². The van der Waals surface area contributed by atoms with Gasteiger partial charge in [-0.1, -0.05) is 0 Å². The molecule has 0 saturated heterocycles. The summed E-state index contributed by atoms with van der Waals surface area (Å²) in [5.74, 6) is 0.723. The Morgan fingerprint density at radius 1 is 1.80 bits per heavy atom. The Hall–Kier alpha value is -0.550. The molecule has 0 aliphatic rings. The van der Waals surface area contributed by atoms with Crippen molar-refractivity contribution in [2.45, 2.75) is 6.61 Å². The Bertz CT molecular complexity index is 201. The predicted octanol–water partition coefficient (Wildman–Crippen LogP) is 0.938. The van der Waals surface area contributed by atoms with Crippen LogP contribution in [0.2, 0.25) is 0 Å². The summed E-state index contributed by atoms with van der Waals surface area (Å²) in [5, 5.41) is 12.1. The molecule has 0 saturated carbocycles. The zero-order chi connectivity index (χ0) is 7.56. The molecule has 1 aromatic heterocycles. The first-order valence-corrected chi connectivity index (χ1v) is 3.37. The molecule has 0 spiro atoms. The topological polar surface area (TPSA) is 55.5 Å². The third-order valence-electron chi connectivity index (χ3n) is 1.01. The zero-order valence-corrected chi connectivity index (χ0v) is 6.88. The smallest absolute Gasteiger partial charge is 0.268 e. The SMILES string of the molecule is COc1noc(CO)c1Br. The maximum atomic E-state index is 8.61. The Morgan fingerprint density at radius 2 is 2.50 bits per heavy atom. The molecule has 1 heterocycles. The molecule has 0 fully saturated rings. The molecule has 0 radical (unpaired) electrons. The van der Waals surface area contributed by atoms with Crippen molar-refractivity contribution in [2.24, 2.45) is 0 Å². The van der Waals surface area contributed by atoms with Gasteiger partial charge in [0.15, 0.2) is 5.76 Å². The molecule has 0 aliphatic heterocycles. The van der Waals surface area contributed by atoms with Gasteiger partial charge in [-0.05, 0) is 21.1 Å². The van der Waals surface area contributed by atoms with Crippen molar-refractivity contribution in [3.8, 4) is 5.88 Å². The number of nitrogens with zero attached hydrogens (tertiary/aromatic N) is 1. The lowest BCUT2D eigenvalue weighted by Crippen LogP contribution is -1.82. The molecule has 1 aromatic rings. The van der Waals surface area contributed by atoms with Gasteiger partial charge in [0.1, 0.15) is 11.1 Å². The van der Waals surface area contributed by atoms with E-state index in [0.29, 0.717) is 16.1 Å². The van der Waals surface area contributed by atoms with E-state index in [9.17, 15) is 0 Å². The first kappa shape index (κ1) is 7.56. The van der Waals surface area contributed by atoms with E-state index in [-0.39, 0.29) is 6.61 Å². The lowest BCUT2D eigenvalue weighted by Gasteiger charge is -1.89. The van der Waals surface area contributed by atoms with E-state index in [2.05, 4.69) is 25.6 Å². The number of aromatic nitrogens is 1. The first-order valence-electron chi connectivity index (χ1n) is 2.58. The minimum atomic E-state index is -0.184. The van der Waals surface area contributed by atoms with Crippen LogP contribution in [0.4, 0.5) is 0 Å². The number of hydrogen-bond donors (Lipinski definition) is 1. The fourth-order valence-corrected chi connectivity index (χ4v) is 0.953. The minimum Gasteiger partial charge on any atom is -0.478 e. The van der Waals surface area contributed by atoms with E-state index >= 15 is 0 Å². The second-order valence-corrected chi connectivity index (χ2v) is 2.38. The molecular weight excluding hydrogens is 202 g/mol. The molecule has 0 unspecified atom stereocenters. The molecule has 0 atom stereocenters. The summed E-state index contributed by atoms with van der Waals surface area (Å²) in [7, 11) is 1.48. The Labute approximate surface area is 65.9 Å². The van der Waals surface area contributed by atoms with Crippen molar-refractivity contribution < 1.29 is 14.4 Å². The van der Waals surface area contributed by atoms with Gasteiger partial charge in [0, 0.05) is 0 Å². The third-order valence-corrected chi connectivity index (χ3v) is 1.79. The molecule has 0 bridgehead atoms. The minimum absolute atomic E-state index is 0.184. The average molecular weight is 208 g/mol. The summed E-state index contributed by atoms with van der Waals surface area (Å²) in [6.45, 7) is -0.184. The molecular formula is C5H6BrNO3. The number of rotatable bonds is 2. The van der Waals surface area contributed by atoms with Crippen LogP contribution in [0.5, 0.6) is 5.88 Å². The summed E-state index contributed by atoms with van der Waals surface area (Å²) in [4.78, 5) is 0. The van der Waals surface area contributed by atoms with Gasteiger partial charge in [-0.3, -0.25) is 0 Å². The quantitative estimate of drug-likeness (QED) is 0.785. The van der Waals surface area contributed by atoms with Crippen LogP contribution in [-0.4, -0.2) is 17.4 Å². The standard InChI is InChI=1S/C5H6BrNO3/c1-9-5-4(6)3(2-8)10-7-5/h8H,2H2,1H3. The predicted molar refractivity (Wildman–Crippen MR) is 36.7 cm³/mol. The van der Waals surface area contributed by atoms with Gasteiger partial charge in [0.25, 0.3) is 5.88 Å². The normalized spacial score (nSPS) is 9.90. The molecule has 56 valence electrons. The monoisotopic (exact) mass is 207 g/mol. The summed E-state index contributed by atoms with van der Waals surface area (Å²) in [6.07, 6.45) is 0. The van der Waals surface area contributed by atoms with Gasteiger partial charge >= 0.3 is 0 Å². The van der Waals surface area contributed by atoms with Crippen molar-refractivity contribution in [3.63, 3.8) is 0 Å². The van der Waals surface area contributed by atoms with Crippen molar-refractivity contribution >= 4 is 15.9 Å². The highest BCUT2D eigenvalue weighted by Crippen LogP contribution is 2.26. The molecule has 5 heteroatoms. The highest BCUT2D eigenvalue weighted by molar-refractivity contribution is 9.10. The van der Waals surface area contributed by atoms with Gasteiger partial charge in [-0.15, -0.1) is 0 Å². The maximum absolute atomic E-state index is 8.61. The molecule has 0 amide bonds. The fraction of sp³-hybridized carbons (Fsp3) is 0.400. The van der Waals surface area contributed by atoms with E-state index in [1.54, 1.807) is 0 Å². The van der Waals surface area contributed by atoms with Gasteiger partial charge in [-0.2, -0.15) is 0 Å². The van der Waals surface area contributed by atoms with Gasteiger partial charge in [-0.25, -0.2) is 0 Å². The second kappa shape index (κ2) is 3.03. The van der Waals surface area contributed by atoms with Crippen LogP contribution in [-0.2, 0) is 6.61 Å². The Kier molecular flexibility index (Phi) is 2.29. The number of hydrogen-bond acceptors (Lipinski definition) is 4. The highest BCUT2D eigenvalue weighted by atomic mass is 79.9. The largest absolute Gasteiger partial charge is 0.478 e. The molecule has 1 rings (SSSR count). The number of aliphatic hydroxyl groups excluding tert-OH is 1. The van der Waals surface area contributed by atoms with Crippen molar-refractivity contribution in [3.05, 3.63) is 10.2 Å². The second-order valence-electron chi connectivity index (χ2n) is 1.59. The first-order chi connectivity index (χ1) is 4.79. The van der Waals surface area contributed by atoms with Crippen molar-refractivity contribution in [2.75, 3.05) is 7.11 Å². The van der Waals surface area contributed by atoms with Gasteiger partial charge < -0.3 is 14.4 Å². The van der Waals surface area contributed by atoms with E-state index in [4.69, 9.17) is 9.84 Å². The zero-order valence-electron chi connectivity index (χ0n) is 5.30. The Morgan fingerprint density at radius 3 is 2.80 bits per heavy atom. The lowest BCUT2D eigenvalue weighted by molar-refractivity contribution is 0.225. The highest BCUT2D eigenvalue weighted by Gasteiger charge is 2.11. The number of aliphatic hydroxyl groups is 1. The van der Waals surface area contributed by atoms with Crippen LogP contribution in [0.1, 0.15) is 5.76 Å². The van der Waals surface area contributed by atoms with Crippen LogP contribution >= 0.6 is 15.9 Å². The maximum Gasteiger partial charge on any atom is 0.268 e. The summed E-state index contributed by atoms with van der Waals surface area (Å²) in [6, 6.07) is 0. The lowest BCUT2D eigenvalue weighted by atomic mass is 10.5. The van der Waals surface area contributed by atoms with Gasteiger partial charge in [0.2, 0.25) is 0 Å². The molecule has 4 nitrogen and oxygen atoms in total. The van der Waals surface area contributed by atoms with Crippen LogP contribution in [0.3, 0.4) is 0 Å². The van der Waals surface area contributed by atoms with Gasteiger partial charge in [0.05, 0.1) is 7.11 Å². The van der Waals surface area contributed by atoms with Crippen LogP contribution in [0.15, 0.2) is 9.00 Å². The summed E-state index contributed by atoms with van der Waals surface area (Å²) >= 11 is 3.13. The number of ether oxygens (including phenoxy) is 1. The van der Waals surface area contributed by atoms with Crippen molar-refractivity contribution in [1.82, 2.24) is 5.16 Å². The molecule has 0 aliphatic carbocycles. The van der Waals surface area contributed by atoms with E-state index in [0.717, 1.165) is 0 Å². The number of methoxy groups -OCH3 is 1. The summed E-state index contributed by atoms with van der Waals surface area (Å²) < 4.78 is 10.00. The summed E-state index contributed by atoms with van der Waals surface area (Å²) in [5.41, 5.74) is 0. The average Bonchev–Trinajstić information content (AvgIpc) is 2.30. The molecule has 10 heavy (non-hydrogen) atoms. The molecule has 0 aromatic carbocycles. The van der Waals surface area contributed by atoms with E-state index in [1.807, 2.05) is 0 Å². The van der Waals surface area contributed by atoms with Crippen LogP contribution in [0, 0.1) is 0 Å².